The van der Waals surface area contributed by atoms with Crippen molar-refractivity contribution in [3.05, 3.63) is 65.2 Å². The quantitative estimate of drug-likeness (QED) is 0.615. The highest BCUT2D eigenvalue weighted by atomic mass is 16.5. The summed E-state index contributed by atoms with van der Waals surface area (Å²) in [5, 5.41) is 11.3. The first-order valence-electron chi connectivity index (χ1n) is 9.54. The molecule has 7 heteroatoms. The van der Waals surface area contributed by atoms with Crippen LogP contribution in [-0.2, 0) is 11.3 Å². The Morgan fingerprint density at radius 2 is 1.89 bits per heavy atom. The maximum atomic E-state index is 13.1. The van der Waals surface area contributed by atoms with Crippen LogP contribution in [0.3, 0.4) is 0 Å². The van der Waals surface area contributed by atoms with Crippen molar-refractivity contribution in [3.63, 3.8) is 0 Å². The Bertz CT molecular complexity index is 857. The summed E-state index contributed by atoms with van der Waals surface area (Å²) in [6.07, 6.45) is 0.702. The van der Waals surface area contributed by atoms with Crippen LogP contribution in [0.4, 0.5) is 0 Å². The van der Waals surface area contributed by atoms with Gasteiger partial charge in [-0.05, 0) is 47.6 Å². The Morgan fingerprint density at radius 3 is 2.54 bits per heavy atom. The zero-order valence-corrected chi connectivity index (χ0v) is 16.4. The molecule has 1 atom stereocenters. The third-order valence-electron chi connectivity index (χ3n) is 5.05. The third kappa shape index (κ3) is 4.10. The van der Waals surface area contributed by atoms with E-state index in [9.17, 15) is 14.6 Å². The highest BCUT2D eigenvalue weighted by molar-refractivity contribution is 6.61. The predicted octanol–water partition coefficient (Wildman–Crippen LogP) is 2.13. The molecule has 2 aromatic rings. The van der Waals surface area contributed by atoms with Gasteiger partial charge in [0.2, 0.25) is 0 Å². The Hall–Kier alpha value is -2.64. The number of benzene rings is 2. The normalized spacial score (nSPS) is 14.0. The molecule has 2 N–H and O–H groups in total. The Kier molecular flexibility index (Phi) is 6.16. The molecule has 0 aromatic heterocycles. The fraction of sp³-hybridized carbons (Fsp3) is 0.333. The summed E-state index contributed by atoms with van der Waals surface area (Å²) in [7, 11) is -1.02. The van der Waals surface area contributed by atoms with E-state index in [-0.39, 0.29) is 17.9 Å². The van der Waals surface area contributed by atoms with Crippen molar-refractivity contribution in [3.8, 4) is 0 Å². The second-order valence-electron chi connectivity index (χ2n) is 7.28. The van der Waals surface area contributed by atoms with E-state index in [0.29, 0.717) is 29.6 Å². The molecule has 0 saturated heterocycles. The number of carbonyl (C=O) groups excluding carboxylic acids is 2. The van der Waals surface area contributed by atoms with Crippen molar-refractivity contribution in [2.45, 2.75) is 39.8 Å². The molecule has 0 unspecified atom stereocenters. The van der Waals surface area contributed by atoms with Crippen LogP contribution in [0.5, 0.6) is 0 Å². The molecule has 3 rings (SSSR count). The SMILES string of the molecule is CC[C@@H](C(C)C)N(NC(=O)c1ccc2c(c1)B(O)OC2)C(=O)c1ccccc1. The molecule has 0 radical (unpaired) electrons. The second-order valence-corrected chi connectivity index (χ2v) is 7.28. The Labute approximate surface area is 165 Å². The number of amides is 2. The molecule has 2 amide bonds. The minimum absolute atomic E-state index is 0.153. The first-order valence-corrected chi connectivity index (χ1v) is 9.54. The monoisotopic (exact) mass is 380 g/mol. The number of nitrogens with zero attached hydrogens (tertiary/aromatic N) is 1. The van der Waals surface area contributed by atoms with Crippen molar-refractivity contribution in [1.82, 2.24) is 10.4 Å². The van der Waals surface area contributed by atoms with Crippen molar-refractivity contribution in [2.24, 2.45) is 5.92 Å². The molecular formula is C21H25BN2O4. The highest BCUT2D eigenvalue weighted by Gasteiger charge is 2.30. The maximum absolute atomic E-state index is 13.1. The molecule has 2 aromatic carbocycles. The molecule has 0 bridgehead atoms. The van der Waals surface area contributed by atoms with Gasteiger partial charge in [0.05, 0.1) is 12.6 Å². The van der Waals surface area contributed by atoms with Crippen LogP contribution in [0.25, 0.3) is 0 Å². The van der Waals surface area contributed by atoms with Gasteiger partial charge in [-0.3, -0.25) is 15.0 Å². The molecule has 6 nitrogen and oxygen atoms in total. The highest BCUT2D eigenvalue weighted by Crippen LogP contribution is 2.17. The number of carbonyl (C=O) groups is 2. The molecule has 0 fully saturated rings. The van der Waals surface area contributed by atoms with Crippen LogP contribution < -0.4 is 10.9 Å². The first-order chi connectivity index (χ1) is 13.4. The summed E-state index contributed by atoms with van der Waals surface area (Å²) in [4.78, 5) is 26.0. The van der Waals surface area contributed by atoms with Crippen molar-refractivity contribution >= 4 is 24.4 Å². The van der Waals surface area contributed by atoms with Crippen LogP contribution in [0, 0.1) is 5.92 Å². The van der Waals surface area contributed by atoms with Gasteiger partial charge in [-0.1, -0.05) is 45.0 Å². The Balaban J connectivity index is 1.88. The third-order valence-corrected chi connectivity index (χ3v) is 5.05. The molecule has 28 heavy (non-hydrogen) atoms. The van der Waals surface area contributed by atoms with Crippen molar-refractivity contribution < 1.29 is 19.3 Å². The predicted molar refractivity (Wildman–Crippen MR) is 108 cm³/mol. The lowest BCUT2D eigenvalue weighted by Crippen LogP contribution is -2.53. The molecular weight excluding hydrogens is 355 g/mol. The van der Waals surface area contributed by atoms with Gasteiger partial charge in [-0.2, -0.15) is 0 Å². The number of hydrogen-bond acceptors (Lipinski definition) is 4. The summed E-state index contributed by atoms with van der Waals surface area (Å²) in [5.41, 5.74) is 5.12. The van der Waals surface area contributed by atoms with Crippen LogP contribution >= 0.6 is 0 Å². The summed E-state index contributed by atoms with van der Waals surface area (Å²) in [5.74, 6) is -0.488. The van der Waals surface area contributed by atoms with Gasteiger partial charge in [-0.25, -0.2) is 5.01 Å². The fourth-order valence-electron chi connectivity index (χ4n) is 3.49. The summed E-state index contributed by atoms with van der Waals surface area (Å²) in [6, 6.07) is 13.8. The number of hydrogen-bond donors (Lipinski definition) is 2. The van der Waals surface area contributed by atoms with E-state index in [1.54, 1.807) is 42.5 Å². The maximum Gasteiger partial charge on any atom is 0.491 e. The van der Waals surface area contributed by atoms with Crippen LogP contribution in [0.1, 0.15) is 53.5 Å². The number of rotatable bonds is 5. The molecule has 1 aliphatic rings. The lowest BCUT2D eigenvalue weighted by atomic mass is 9.79. The van der Waals surface area contributed by atoms with Crippen molar-refractivity contribution in [2.75, 3.05) is 0 Å². The van der Waals surface area contributed by atoms with Crippen LogP contribution in [0.2, 0.25) is 0 Å². The number of nitrogens with one attached hydrogen (secondary N) is 1. The fourth-order valence-corrected chi connectivity index (χ4v) is 3.49. The van der Waals surface area contributed by atoms with Crippen LogP contribution in [-0.4, -0.2) is 35.0 Å². The smallest absolute Gasteiger partial charge is 0.423 e. The molecule has 1 heterocycles. The molecule has 146 valence electrons. The van der Waals surface area contributed by atoms with Gasteiger partial charge in [0.25, 0.3) is 11.8 Å². The van der Waals surface area contributed by atoms with E-state index >= 15 is 0 Å². The molecule has 0 saturated carbocycles. The van der Waals surface area contributed by atoms with Gasteiger partial charge >= 0.3 is 7.12 Å². The van der Waals surface area contributed by atoms with E-state index in [1.807, 2.05) is 26.8 Å². The van der Waals surface area contributed by atoms with E-state index in [1.165, 1.54) is 5.01 Å². The van der Waals surface area contributed by atoms with Gasteiger partial charge in [0.1, 0.15) is 0 Å². The van der Waals surface area contributed by atoms with Gasteiger partial charge in [0.15, 0.2) is 0 Å². The van der Waals surface area contributed by atoms with Gasteiger partial charge in [-0.15, -0.1) is 0 Å². The Morgan fingerprint density at radius 1 is 1.18 bits per heavy atom. The van der Waals surface area contributed by atoms with Crippen LogP contribution in [0.15, 0.2) is 48.5 Å². The van der Waals surface area contributed by atoms with E-state index in [0.717, 1.165) is 5.56 Å². The number of fused-ring (bicyclic) bond motifs is 1. The van der Waals surface area contributed by atoms with Crippen molar-refractivity contribution in [1.29, 1.82) is 0 Å². The summed E-state index contributed by atoms with van der Waals surface area (Å²) < 4.78 is 5.18. The summed E-state index contributed by atoms with van der Waals surface area (Å²) >= 11 is 0. The first kappa shape index (κ1) is 20.1. The van der Waals surface area contributed by atoms with E-state index in [2.05, 4.69) is 5.43 Å². The second kappa shape index (κ2) is 8.58. The largest absolute Gasteiger partial charge is 0.491 e. The van der Waals surface area contributed by atoms with E-state index in [4.69, 9.17) is 4.65 Å². The lowest BCUT2D eigenvalue weighted by Gasteiger charge is -2.34. The zero-order chi connectivity index (χ0) is 20.3. The number of hydrazine groups is 1. The topological polar surface area (TPSA) is 78.9 Å². The molecule has 1 aliphatic heterocycles. The molecule has 0 spiro atoms. The van der Waals surface area contributed by atoms with E-state index < -0.39 is 13.0 Å². The average molecular weight is 380 g/mol. The minimum atomic E-state index is -1.02. The zero-order valence-electron chi connectivity index (χ0n) is 16.4. The average Bonchev–Trinajstić information content (AvgIpc) is 3.08. The molecule has 0 aliphatic carbocycles. The van der Waals surface area contributed by atoms with Gasteiger partial charge < -0.3 is 9.68 Å². The lowest BCUT2D eigenvalue weighted by molar-refractivity contribution is 0.0409. The minimum Gasteiger partial charge on any atom is -0.423 e. The standard InChI is InChI=1S/C21H25BN2O4/c1-4-19(14(2)3)24(21(26)15-8-6-5-7-9-15)23-20(25)16-10-11-17-13-28-22(27)18(17)12-16/h5-12,14,19,27H,4,13H2,1-3H3,(H,23,25)/t19-/m0/s1. The van der Waals surface area contributed by atoms with Gasteiger partial charge in [0, 0.05) is 11.1 Å². The summed E-state index contributed by atoms with van der Waals surface area (Å²) in [6.45, 7) is 6.36.